The summed E-state index contributed by atoms with van der Waals surface area (Å²) in [4.78, 5) is 17.6. The number of para-hydroxylation sites is 1. The maximum absolute atomic E-state index is 13.2. The smallest absolute Gasteiger partial charge is 0.229 e. The summed E-state index contributed by atoms with van der Waals surface area (Å²) in [7, 11) is 1.93. The summed E-state index contributed by atoms with van der Waals surface area (Å²) in [5.41, 5.74) is 4.67. The van der Waals surface area contributed by atoms with Gasteiger partial charge in [-0.1, -0.05) is 24.3 Å². The van der Waals surface area contributed by atoms with E-state index < -0.39 is 0 Å². The third kappa shape index (κ3) is 5.70. The molecule has 1 radical (unpaired) electrons. The molecule has 2 N–H and O–H groups in total. The van der Waals surface area contributed by atoms with Crippen LogP contribution in [0.1, 0.15) is 43.7 Å². The highest BCUT2D eigenvalue weighted by Gasteiger charge is 2.29. The van der Waals surface area contributed by atoms with E-state index in [0.717, 1.165) is 63.2 Å². The topological polar surface area (TPSA) is 47.6 Å². The number of benzene rings is 2. The molecule has 1 heterocycles. The normalized spacial score (nSPS) is 24.2. The van der Waals surface area contributed by atoms with E-state index in [4.69, 9.17) is 0 Å². The molecule has 0 spiro atoms. The number of anilines is 2. The third-order valence-electron chi connectivity index (χ3n) is 7.04. The minimum atomic E-state index is 0.111. The van der Waals surface area contributed by atoms with Crippen molar-refractivity contribution in [2.45, 2.75) is 58.2 Å². The van der Waals surface area contributed by atoms with E-state index >= 15 is 0 Å². The Kier molecular flexibility index (Phi) is 7.48. The van der Waals surface area contributed by atoms with Gasteiger partial charge in [0, 0.05) is 68.7 Å². The molecule has 32 heavy (non-hydrogen) atoms. The Balaban J connectivity index is 1.31. The second kappa shape index (κ2) is 10.5. The van der Waals surface area contributed by atoms with Crippen molar-refractivity contribution >= 4 is 17.3 Å². The number of hydrogen-bond acceptors (Lipinski definition) is 4. The van der Waals surface area contributed by atoms with Crippen LogP contribution in [0.2, 0.25) is 0 Å². The van der Waals surface area contributed by atoms with Crippen LogP contribution in [0.15, 0.2) is 42.5 Å². The predicted octanol–water partition coefficient (Wildman–Crippen LogP) is 4.22. The van der Waals surface area contributed by atoms with Crippen LogP contribution in [0.5, 0.6) is 0 Å². The van der Waals surface area contributed by atoms with Crippen LogP contribution < -0.4 is 15.5 Å². The van der Waals surface area contributed by atoms with Gasteiger partial charge >= 0.3 is 0 Å². The fourth-order valence-electron chi connectivity index (χ4n) is 5.05. The number of carbonyl (C=O) groups is 1. The molecule has 2 aromatic rings. The van der Waals surface area contributed by atoms with Crippen molar-refractivity contribution in [1.29, 1.82) is 0 Å². The Labute approximate surface area is 193 Å². The molecular weight excluding hydrogens is 396 g/mol. The second-order valence-electron chi connectivity index (χ2n) is 9.57. The third-order valence-corrected chi connectivity index (χ3v) is 7.04. The van der Waals surface area contributed by atoms with Crippen LogP contribution in [0.25, 0.3) is 0 Å². The van der Waals surface area contributed by atoms with Gasteiger partial charge in [0.05, 0.1) is 0 Å². The molecule has 1 aliphatic heterocycles. The molecule has 2 fully saturated rings. The molecule has 1 atom stereocenters. The Morgan fingerprint density at radius 3 is 2.72 bits per heavy atom. The SMILES string of the molecule is Cc1cc(N(C)C(=O)C2CCC(Nc3[c]cccc3)CC2)ccc1CN1CCN[C@@H](C)C1. The first-order chi connectivity index (χ1) is 15.5. The second-order valence-corrected chi connectivity index (χ2v) is 9.57. The lowest BCUT2D eigenvalue weighted by Gasteiger charge is -2.33. The number of nitrogens with zero attached hydrogens (tertiary/aromatic N) is 2. The van der Waals surface area contributed by atoms with Crippen LogP contribution in [0.4, 0.5) is 11.4 Å². The summed E-state index contributed by atoms with van der Waals surface area (Å²) in [6, 6.07) is 18.7. The van der Waals surface area contributed by atoms with Crippen LogP contribution in [0.3, 0.4) is 0 Å². The predicted molar refractivity (Wildman–Crippen MR) is 132 cm³/mol. The molecule has 0 aromatic heterocycles. The fraction of sp³-hybridized carbons (Fsp3) is 0.519. The first-order valence-corrected chi connectivity index (χ1v) is 12.1. The maximum Gasteiger partial charge on any atom is 0.229 e. The van der Waals surface area contributed by atoms with E-state index in [-0.39, 0.29) is 11.8 Å². The molecule has 4 rings (SSSR count). The van der Waals surface area contributed by atoms with Gasteiger partial charge in [0.15, 0.2) is 0 Å². The average molecular weight is 434 g/mol. The molecule has 171 valence electrons. The highest BCUT2D eigenvalue weighted by molar-refractivity contribution is 5.94. The van der Waals surface area contributed by atoms with Gasteiger partial charge in [-0.25, -0.2) is 0 Å². The number of rotatable bonds is 6. The van der Waals surface area contributed by atoms with Crippen molar-refractivity contribution in [2.24, 2.45) is 5.92 Å². The first-order valence-electron chi connectivity index (χ1n) is 12.1. The van der Waals surface area contributed by atoms with Crippen molar-refractivity contribution < 1.29 is 4.79 Å². The zero-order chi connectivity index (χ0) is 22.5. The number of piperazine rings is 1. The van der Waals surface area contributed by atoms with Gasteiger partial charge in [-0.3, -0.25) is 9.69 Å². The highest BCUT2D eigenvalue weighted by atomic mass is 16.2. The van der Waals surface area contributed by atoms with Crippen LogP contribution >= 0.6 is 0 Å². The van der Waals surface area contributed by atoms with Crippen molar-refractivity contribution in [2.75, 3.05) is 36.9 Å². The average Bonchev–Trinajstić information content (AvgIpc) is 2.81. The van der Waals surface area contributed by atoms with Crippen molar-refractivity contribution in [3.05, 3.63) is 59.7 Å². The highest BCUT2D eigenvalue weighted by Crippen LogP contribution is 2.30. The van der Waals surface area contributed by atoms with E-state index in [9.17, 15) is 4.79 Å². The summed E-state index contributed by atoms with van der Waals surface area (Å²) in [5, 5.41) is 7.07. The number of hydrogen-bond donors (Lipinski definition) is 2. The van der Waals surface area contributed by atoms with Gasteiger partial charge in [0.2, 0.25) is 5.91 Å². The lowest BCUT2D eigenvalue weighted by molar-refractivity contribution is -0.123. The number of amides is 1. The number of nitrogens with one attached hydrogen (secondary N) is 2. The molecule has 1 amide bonds. The van der Waals surface area contributed by atoms with Crippen molar-refractivity contribution in [3.8, 4) is 0 Å². The molecule has 2 aromatic carbocycles. The summed E-state index contributed by atoms with van der Waals surface area (Å²) in [5.74, 6) is 0.359. The summed E-state index contributed by atoms with van der Waals surface area (Å²) >= 11 is 0. The van der Waals surface area contributed by atoms with Crippen LogP contribution in [-0.2, 0) is 11.3 Å². The number of carbonyl (C=O) groups excluding carboxylic acids is 1. The molecule has 5 nitrogen and oxygen atoms in total. The quantitative estimate of drug-likeness (QED) is 0.716. The minimum absolute atomic E-state index is 0.111. The van der Waals surface area contributed by atoms with E-state index in [2.05, 4.69) is 59.7 Å². The van der Waals surface area contributed by atoms with Crippen LogP contribution in [0, 0.1) is 18.9 Å². The van der Waals surface area contributed by atoms with E-state index in [1.54, 1.807) is 0 Å². The lowest BCUT2D eigenvalue weighted by Crippen LogP contribution is -2.48. The number of aryl methyl sites for hydroxylation is 1. The Morgan fingerprint density at radius 2 is 2.03 bits per heavy atom. The van der Waals surface area contributed by atoms with Gasteiger partial charge < -0.3 is 15.5 Å². The first kappa shape index (κ1) is 22.8. The van der Waals surface area contributed by atoms with Gasteiger partial charge in [-0.2, -0.15) is 0 Å². The van der Waals surface area contributed by atoms with Gasteiger partial charge in [-0.15, -0.1) is 0 Å². The standard InChI is InChI=1S/C27H37N4O/c1-20-17-26(14-11-23(20)19-31-16-15-28-21(2)18-31)30(3)27(32)22-9-12-25(13-10-22)29-24-7-5-4-6-8-24/h4-7,11,14,17,21-22,25,28-29H,9-10,12-13,15-16,18-19H2,1-3H3/t21-,22?,25?/m0/s1. The van der Waals surface area contributed by atoms with E-state index in [0.29, 0.717) is 12.1 Å². The van der Waals surface area contributed by atoms with Gasteiger partial charge in [0.25, 0.3) is 0 Å². The van der Waals surface area contributed by atoms with Gasteiger partial charge in [0.1, 0.15) is 0 Å². The summed E-state index contributed by atoms with van der Waals surface area (Å²) < 4.78 is 0. The molecule has 0 bridgehead atoms. The summed E-state index contributed by atoms with van der Waals surface area (Å²) in [6.07, 6.45) is 3.92. The zero-order valence-corrected chi connectivity index (χ0v) is 19.7. The van der Waals surface area contributed by atoms with Crippen LogP contribution in [-0.4, -0.2) is 49.6 Å². The molecule has 5 heteroatoms. The van der Waals surface area contributed by atoms with Crippen molar-refractivity contribution in [3.63, 3.8) is 0 Å². The summed E-state index contributed by atoms with van der Waals surface area (Å²) in [6.45, 7) is 8.61. The van der Waals surface area contributed by atoms with Crippen molar-refractivity contribution in [1.82, 2.24) is 10.2 Å². The molecule has 0 unspecified atom stereocenters. The Morgan fingerprint density at radius 1 is 1.22 bits per heavy atom. The lowest BCUT2D eigenvalue weighted by atomic mass is 9.85. The molecule has 1 aliphatic carbocycles. The Bertz CT molecular complexity index is 892. The zero-order valence-electron chi connectivity index (χ0n) is 19.7. The molecule has 1 saturated heterocycles. The Hall–Kier alpha value is -2.37. The largest absolute Gasteiger partial charge is 0.382 e. The maximum atomic E-state index is 13.2. The monoisotopic (exact) mass is 433 g/mol. The van der Waals surface area contributed by atoms with E-state index in [1.165, 1.54) is 11.1 Å². The molecular formula is C27H37N4O. The van der Waals surface area contributed by atoms with Gasteiger partial charge in [-0.05, 0) is 68.9 Å². The molecule has 2 aliphatic rings. The van der Waals surface area contributed by atoms with E-state index in [1.807, 2.05) is 30.1 Å². The minimum Gasteiger partial charge on any atom is -0.382 e. The fourth-order valence-corrected chi connectivity index (χ4v) is 5.05. The molecule has 1 saturated carbocycles.